The Labute approximate surface area is 77.0 Å². The van der Waals surface area contributed by atoms with E-state index in [1.807, 2.05) is 0 Å². The molecule has 0 fully saturated rings. The van der Waals surface area contributed by atoms with Gasteiger partial charge < -0.3 is 4.74 Å². The van der Waals surface area contributed by atoms with E-state index in [9.17, 15) is 26.3 Å². The summed E-state index contributed by atoms with van der Waals surface area (Å²) in [5, 5.41) is 0. The minimum absolute atomic E-state index is 0.0677. The zero-order chi connectivity index (χ0) is 11.4. The van der Waals surface area contributed by atoms with Gasteiger partial charge in [0.2, 0.25) is 6.17 Å². The van der Waals surface area contributed by atoms with Crippen LogP contribution in [0.25, 0.3) is 0 Å². The Morgan fingerprint density at radius 1 is 1.21 bits per heavy atom. The van der Waals surface area contributed by atoms with E-state index in [-0.39, 0.29) is 6.42 Å². The molecule has 1 nitrogen and oxygen atoms in total. The lowest BCUT2D eigenvalue weighted by molar-refractivity contribution is -0.362. The molecule has 1 unspecified atom stereocenters. The summed E-state index contributed by atoms with van der Waals surface area (Å²) in [6.45, 7) is -1.42. The van der Waals surface area contributed by atoms with Gasteiger partial charge in [0.05, 0.1) is 6.61 Å². The van der Waals surface area contributed by atoms with Crippen LogP contribution >= 0.6 is 0 Å². The molecule has 0 aromatic rings. The fourth-order valence-corrected chi connectivity index (χ4v) is 0.606. The predicted octanol–water partition coefficient (Wildman–Crippen LogP) is 2.95. The molecule has 0 aliphatic carbocycles. The molecular weight excluding hydrogens is 214 g/mol. The number of rotatable bonds is 6. The summed E-state index contributed by atoms with van der Waals surface area (Å²) in [6.07, 6.45) is -8.47. The second-order valence-electron chi connectivity index (χ2n) is 2.61. The van der Waals surface area contributed by atoms with Crippen LogP contribution in [0.1, 0.15) is 13.3 Å². The lowest BCUT2D eigenvalue weighted by atomic mass is 10.2. The van der Waals surface area contributed by atoms with Gasteiger partial charge in [-0.2, -0.15) is 17.6 Å². The minimum atomic E-state index is -5.14. The van der Waals surface area contributed by atoms with E-state index < -0.39 is 31.5 Å². The summed E-state index contributed by atoms with van der Waals surface area (Å²) in [4.78, 5) is 0. The van der Waals surface area contributed by atoms with Crippen LogP contribution in [0.3, 0.4) is 0 Å². The summed E-state index contributed by atoms with van der Waals surface area (Å²) >= 11 is 0. The Hall–Kier alpha value is -0.460. The van der Waals surface area contributed by atoms with Crippen molar-refractivity contribution in [3.05, 3.63) is 0 Å². The van der Waals surface area contributed by atoms with Crippen LogP contribution in [-0.2, 0) is 4.74 Å². The highest BCUT2D eigenvalue weighted by Gasteiger charge is 2.63. The zero-order valence-electron chi connectivity index (χ0n) is 7.37. The van der Waals surface area contributed by atoms with Gasteiger partial charge in [0, 0.05) is 0 Å². The van der Waals surface area contributed by atoms with Crippen molar-refractivity contribution in [2.24, 2.45) is 0 Å². The maximum atomic E-state index is 12.4. The molecule has 0 bridgehead atoms. The Balaban J connectivity index is 4.51. The van der Waals surface area contributed by atoms with Crippen molar-refractivity contribution < 1.29 is 31.1 Å². The normalized spacial score (nSPS) is 15.6. The SMILES string of the molecule is CCCOC(F)(F)C(F)(F)C(F)CF. The van der Waals surface area contributed by atoms with E-state index in [1.165, 1.54) is 6.92 Å². The van der Waals surface area contributed by atoms with E-state index in [0.29, 0.717) is 0 Å². The van der Waals surface area contributed by atoms with Crippen molar-refractivity contribution in [1.29, 1.82) is 0 Å². The molecule has 14 heavy (non-hydrogen) atoms. The number of hydrogen-bond acceptors (Lipinski definition) is 1. The smallest absolute Gasteiger partial charge is 0.316 e. The minimum Gasteiger partial charge on any atom is -0.316 e. The molecule has 0 amide bonds. The molecule has 0 spiro atoms. The van der Waals surface area contributed by atoms with E-state index in [1.54, 1.807) is 0 Å². The van der Waals surface area contributed by atoms with Gasteiger partial charge in [-0.1, -0.05) is 6.92 Å². The van der Waals surface area contributed by atoms with E-state index in [4.69, 9.17) is 0 Å². The Kier molecular flexibility index (Phi) is 4.70. The molecule has 0 saturated carbocycles. The molecule has 0 radical (unpaired) electrons. The average Bonchev–Trinajstić information content (AvgIpc) is 2.13. The zero-order valence-corrected chi connectivity index (χ0v) is 7.37. The molecule has 0 aromatic heterocycles. The topological polar surface area (TPSA) is 9.23 Å². The van der Waals surface area contributed by atoms with Gasteiger partial charge in [0.25, 0.3) is 0 Å². The lowest BCUT2D eigenvalue weighted by Gasteiger charge is -2.27. The molecule has 1 atom stereocenters. The van der Waals surface area contributed by atoms with Gasteiger partial charge in [-0.3, -0.25) is 0 Å². The summed E-state index contributed by atoms with van der Waals surface area (Å²) < 4.78 is 76.9. The largest absolute Gasteiger partial charge is 0.422 e. The Morgan fingerprint density at radius 2 is 1.71 bits per heavy atom. The third kappa shape index (κ3) is 2.76. The standard InChI is InChI=1S/C7H10F6O/c1-2-3-14-7(12,13)6(10,11)5(9)4-8/h5H,2-4H2,1H3. The number of hydrogen-bond donors (Lipinski definition) is 0. The first-order valence-corrected chi connectivity index (χ1v) is 3.89. The fourth-order valence-electron chi connectivity index (χ4n) is 0.606. The van der Waals surface area contributed by atoms with E-state index in [0.717, 1.165) is 0 Å². The third-order valence-corrected chi connectivity index (χ3v) is 1.40. The maximum absolute atomic E-state index is 12.4. The van der Waals surface area contributed by atoms with Gasteiger partial charge in [0.1, 0.15) is 6.67 Å². The predicted molar refractivity (Wildman–Crippen MR) is 37.0 cm³/mol. The maximum Gasteiger partial charge on any atom is 0.422 e. The summed E-state index contributed by atoms with van der Waals surface area (Å²) in [6, 6.07) is 0. The molecule has 0 N–H and O–H groups in total. The monoisotopic (exact) mass is 224 g/mol. The van der Waals surface area contributed by atoms with Gasteiger partial charge in [-0.15, -0.1) is 0 Å². The molecule has 0 rings (SSSR count). The van der Waals surface area contributed by atoms with Gasteiger partial charge in [-0.05, 0) is 6.42 Å². The Bertz CT molecular complexity index is 172. The van der Waals surface area contributed by atoms with Crippen LogP contribution in [0.2, 0.25) is 0 Å². The molecule has 0 saturated heterocycles. The van der Waals surface area contributed by atoms with Crippen LogP contribution in [-0.4, -0.2) is 31.5 Å². The highest BCUT2D eigenvalue weighted by molar-refractivity contribution is 4.84. The Morgan fingerprint density at radius 3 is 2.07 bits per heavy atom. The van der Waals surface area contributed by atoms with Crippen molar-refractivity contribution in [3.8, 4) is 0 Å². The molecule has 0 aliphatic heterocycles. The molecule has 0 aromatic carbocycles. The number of halogens is 6. The van der Waals surface area contributed by atoms with E-state index in [2.05, 4.69) is 4.74 Å². The second-order valence-corrected chi connectivity index (χ2v) is 2.61. The van der Waals surface area contributed by atoms with Crippen LogP contribution < -0.4 is 0 Å². The van der Waals surface area contributed by atoms with E-state index >= 15 is 0 Å². The first-order chi connectivity index (χ1) is 6.29. The summed E-state index contributed by atoms with van der Waals surface area (Å²) in [5.74, 6) is -5.14. The molecule has 0 heterocycles. The highest BCUT2D eigenvalue weighted by atomic mass is 19.3. The van der Waals surface area contributed by atoms with Gasteiger partial charge >= 0.3 is 12.0 Å². The quantitative estimate of drug-likeness (QED) is 0.630. The highest BCUT2D eigenvalue weighted by Crippen LogP contribution is 2.39. The fraction of sp³-hybridized carbons (Fsp3) is 1.00. The molecule has 86 valence electrons. The van der Waals surface area contributed by atoms with Crippen LogP contribution in [0.5, 0.6) is 0 Å². The van der Waals surface area contributed by atoms with Gasteiger partial charge in [0.15, 0.2) is 0 Å². The molecule has 7 heteroatoms. The first kappa shape index (κ1) is 13.5. The lowest BCUT2D eigenvalue weighted by Crippen LogP contribution is -2.50. The van der Waals surface area contributed by atoms with Crippen molar-refractivity contribution in [3.63, 3.8) is 0 Å². The third-order valence-electron chi connectivity index (χ3n) is 1.40. The number of ether oxygens (including phenoxy) is 1. The van der Waals surface area contributed by atoms with Crippen molar-refractivity contribution in [2.75, 3.05) is 13.3 Å². The molecular formula is C7H10F6O. The molecule has 0 aliphatic rings. The van der Waals surface area contributed by atoms with Crippen LogP contribution in [0, 0.1) is 0 Å². The van der Waals surface area contributed by atoms with Crippen molar-refractivity contribution in [1.82, 2.24) is 0 Å². The number of alkyl halides is 6. The second kappa shape index (κ2) is 4.86. The van der Waals surface area contributed by atoms with Crippen molar-refractivity contribution in [2.45, 2.75) is 31.5 Å². The van der Waals surface area contributed by atoms with Crippen molar-refractivity contribution >= 4 is 0 Å². The first-order valence-electron chi connectivity index (χ1n) is 3.89. The summed E-state index contributed by atoms with van der Waals surface area (Å²) in [7, 11) is 0. The van der Waals surface area contributed by atoms with Gasteiger partial charge in [-0.25, -0.2) is 8.78 Å². The average molecular weight is 224 g/mol. The van der Waals surface area contributed by atoms with Crippen LogP contribution in [0.4, 0.5) is 26.3 Å². The summed E-state index contributed by atoms with van der Waals surface area (Å²) in [5.41, 5.74) is 0. The van der Waals surface area contributed by atoms with Crippen LogP contribution in [0.15, 0.2) is 0 Å².